The lowest BCUT2D eigenvalue weighted by atomic mass is 10.2. The summed E-state index contributed by atoms with van der Waals surface area (Å²) < 4.78 is 19.0. The van der Waals surface area contributed by atoms with E-state index in [2.05, 4.69) is 27.9 Å². The Labute approximate surface area is 108 Å². The highest BCUT2D eigenvalue weighted by atomic mass is 127. The Morgan fingerprint density at radius 3 is 2.88 bits per heavy atom. The van der Waals surface area contributed by atoms with Gasteiger partial charge in [-0.3, -0.25) is 4.79 Å². The van der Waals surface area contributed by atoms with Crippen LogP contribution in [-0.4, -0.2) is 24.0 Å². The predicted octanol–water partition coefficient (Wildman–Crippen LogP) is 2.39. The molecule has 0 aliphatic carbocycles. The molecule has 0 spiro atoms. The van der Waals surface area contributed by atoms with Crippen LogP contribution in [0.1, 0.15) is 16.8 Å². The molecule has 0 radical (unpaired) electrons. The van der Waals surface area contributed by atoms with Gasteiger partial charge in [-0.25, -0.2) is 4.39 Å². The minimum Gasteiger partial charge on any atom is -0.494 e. The number of hydrogen-bond acceptors (Lipinski definition) is 2. The van der Waals surface area contributed by atoms with Gasteiger partial charge in [0.15, 0.2) is 11.6 Å². The van der Waals surface area contributed by atoms with Crippen molar-refractivity contribution >= 4 is 28.5 Å². The van der Waals surface area contributed by atoms with Crippen LogP contribution in [0.5, 0.6) is 5.75 Å². The van der Waals surface area contributed by atoms with E-state index in [9.17, 15) is 9.18 Å². The third kappa shape index (κ3) is 3.62. The average Bonchev–Trinajstić information content (AvgIpc) is 2.29. The predicted molar refractivity (Wildman–Crippen MR) is 68.8 cm³/mol. The molecule has 0 aliphatic heterocycles. The summed E-state index contributed by atoms with van der Waals surface area (Å²) in [5, 5.41) is 2.71. The van der Waals surface area contributed by atoms with Gasteiger partial charge in [0.25, 0.3) is 5.91 Å². The number of methoxy groups -OCH3 is 1. The number of benzene rings is 1. The van der Waals surface area contributed by atoms with Crippen LogP contribution < -0.4 is 10.1 Å². The molecule has 0 aromatic heterocycles. The third-order valence-electron chi connectivity index (χ3n) is 2.01. The number of rotatable bonds is 5. The van der Waals surface area contributed by atoms with Gasteiger partial charge in [0.2, 0.25) is 0 Å². The Morgan fingerprint density at radius 2 is 2.31 bits per heavy atom. The Hall–Kier alpha value is -0.850. The van der Waals surface area contributed by atoms with Gasteiger partial charge in [-0.05, 0) is 24.6 Å². The molecular weight excluding hydrogens is 324 g/mol. The first-order chi connectivity index (χ1) is 7.69. The zero-order chi connectivity index (χ0) is 12.0. The van der Waals surface area contributed by atoms with Crippen LogP contribution in [0.4, 0.5) is 4.39 Å². The van der Waals surface area contributed by atoms with Gasteiger partial charge in [0, 0.05) is 16.5 Å². The summed E-state index contributed by atoms with van der Waals surface area (Å²) in [5.74, 6) is -0.640. The molecule has 0 saturated heterocycles. The largest absolute Gasteiger partial charge is 0.494 e. The number of alkyl halides is 1. The van der Waals surface area contributed by atoms with E-state index in [1.165, 1.54) is 19.2 Å². The van der Waals surface area contributed by atoms with Crippen molar-refractivity contribution in [2.45, 2.75) is 6.42 Å². The van der Waals surface area contributed by atoms with Crippen LogP contribution in [0.25, 0.3) is 0 Å². The maximum absolute atomic E-state index is 13.3. The lowest BCUT2D eigenvalue weighted by Crippen LogP contribution is -2.24. The van der Waals surface area contributed by atoms with Crippen molar-refractivity contribution in [3.63, 3.8) is 0 Å². The first kappa shape index (κ1) is 13.2. The molecule has 16 heavy (non-hydrogen) atoms. The number of ether oxygens (including phenoxy) is 1. The van der Waals surface area contributed by atoms with E-state index in [0.29, 0.717) is 12.1 Å². The summed E-state index contributed by atoms with van der Waals surface area (Å²) in [6.45, 7) is 0.607. The minimum atomic E-state index is -0.524. The average molecular weight is 337 g/mol. The van der Waals surface area contributed by atoms with Crippen LogP contribution in [0.15, 0.2) is 18.2 Å². The molecule has 1 aromatic carbocycles. The zero-order valence-corrected chi connectivity index (χ0v) is 11.1. The van der Waals surface area contributed by atoms with Gasteiger partial charge >= 0.3 is 0 Å². The molecule has 0 atom stereocenters. The first-order valence-corrected chi connectivity index (χ1v) is 6.39. The van der Waals surface area contributed by atoms with Crippen LogP contribution >= 0.6 is 22.6 Å². The second-order valence-electron chi connectivity index (χ2n) is 3.15. The van der Waals surface area contributed by atoms with E-state index < -0.39 is 5.82 Å². The summed E-state index contributed by atoms with van der Waals surface area (Å²) in [4.78, 5) is 11.6. The summed E-state index contributed by atoms with van der Waals surface area (Å²) >= 11 is 2.24. The quantitative estimate of drug-likeness (QED) is 0.509. The molecule has 0 heterocycles. The van der Waals surface area contributed by atoms with E-state index in [1.807, 2.05) is 0 Å². The molecular formula is C11H13FINO2. The van der Waals surface area contributed by atoms with Crippen molar-refractivity contribution < 1.29 is 13.9 Å². The summed E-state index contributed by atoms with van der Waals surface area (Å²) in [5.41, 5.74) is 0.312. The van der Waals surface area contributed by atoms with Crippen LogP contribution in [0.2, 0.25) is 0 Å². The van der Waals surface area contributed by atoms with E-state index in [1.54, 1.807) is 6.07 Å². The lowest BCUT2D eigenvalue weighted by molar-refractivity contribution is 0.0953. The molecule has 1 rings (SSSR count). The molecule has 1 N–H and O–H groups in total. The molecule has 5 heteroatoms. The Bertz CT molecular complexity index is 371. The molecule has 1 aromatic rings. The Morgan fingerprint density at radius 1 is 1.56 bits per heavy atom. The van der Waals surface area contributed by atoms with Crippen molar-refractivity contribution in [3.05, 3.63) is 29.6 Å². The highest BCUT2D eigenvalue weighted by Gasteiger charge is 2.09. The molecule has 0 bridgehead atoms. The van der Waals surface area contributed by atoms with Gasteiger partial charge < -0.3 is 10.1 Å². The van der Waals surface area contributed by atoms with Crippen molar-refractivity contribution in [3.8, 4) is 5.75 Å². The van der Waals surface area contributed by atoms with Crippen molar-refractivity contribution in [1.29, 1.82) is 0 Å². The molecule has 0 saturated carbocycles. The summed E-state index contributed by atoms with van der Waals surface area (Å²) in [7, 11) is 1.39. The maximum atomic E-state index is 13.3. The standard InChI is InChI=1S/C11H13FINO2/c1-16-10-4-3-8(7-9(10)12)11(15)14-6-2-5-13/h3-4,7H,2,5-6H2,1H3,(H,14,15). The fourth-order valence-corrected chi connectivity index (χ4v) is 1.56. The zero-order valence-electron chi connectivity index (χ0n) is 8.93. The van der Waals surface area contributed by atoms with E-state index >= 15 is 0 Å². The van der Waals surface area contributed by atoms with Gasteiger partial charge in [-0.2, -0.15) is 0 Å². The van der Waals surface area contributed by atoms with E-state index in [-0.39, 0.29) is 11.7 Å². The van der Waals surface area contributed by atoms with Crippen molar-refractivity contribution in [2.75, 3.05) is 18.1 Å². The fourth-order valence-electron chi connectivity index (χ4n) is 1.18. The number of carbonyl (C=O) groups excluding carboxylic acids is 1. The molecule has 1 amide bonds. The highest BCUT2D eigenvalue weighted by molar-refractivity contribution is 14.1. The number of hydrogen-bond donors (Lipinski definition) is 1. The Balaban J connectivity index is 2.66. The maximum Gasteiger partial charge on any atom is 0.251 e. The van der Waals surface area contributed by atoms with Gasteiger partial charge in [-0.15, -0.1) is 0 Å². The van der Waals surface area contributed by atoms with Crippen LogP contribution in [-0.2, 0) is 0 Å². The number of nitrogens with one attached hydrogen (secondary N) is 1. The number of amides is 1. The molecule has 0 unspecified atom stereocenters. The van der Waals surface area contributed by atoms with Crippen molar-refractivity contribution in [1.82, 2.24) is 5.32 Å². The van der Waals surface area contributed by atoms with Crippen molar-refractivity contribution in [2.24, 2.45) is 0 Å². The van der Waals surface area contributed by atoms with Crippen LogP contribution in [0.3, 0.4) is 0 Å². The smallest absolute Gasteiger partial charge is 0.251 e. The monoisotopic (exact) mass is 337 g/mol. The summed E-state index contributed by atoms with van der Waals surface area (Å²) in [6, 6.07) is 4.17. The van der Waals surface area contributed by atoms with Gasteiger partial charge in [0.1, 0.15) is 0 Å². The second-order valence-corrected chi connectivity index (χ2v) is 4.23. The SMILES string of the molecule is COc1ccc(C(=O)NCCCI)cc1F. The normalized spacial score (nSPS) is 9.94. The topological polar surface area (TPSA) is 38.3 Å². The highest BCUT2D eigenvalue weighted by Crippen LogP contribution is 2.17. The van der Waals surface area contributed by atoms with Gasteiger partial charge in [0.05, 0.1) is 7.11 Å². The minimum absolute atomic E-state index is 0.142. The molecule has 88 valence electrons. The van der Waals surface area contributed by atoms with Crippen LogP contribution in [0, 0.1) is 5.82 Å². The first-order valence-electron chi connectivity index (χ1n) is 4.86. The lowest BCUT2D eigenvalue weighted by Gasteiger charge is -2.06. The fraction of sp³-hybridized carbons (Fsp3) is 0.364. The number of halogens is 2. The third-order valence-corrected chi connectivity index (χ3v) is 2.77. The number of carbonyl (C=O) groups is 1. The van der Waals surface area contributed by atoms with E-state index in [0.717, 1.165) is 10.8 Å². The van der Waals surface area contributed by atoms with Gasteiger partial charge in [-0.1, -0.05) is 22.6 Å². The molecule has 0 aliphatic rings. The second kappa shape index (κ2) is 6.67. The molecule has 3 nitrogen and oxygen atoms in total. The molecule has 0 fully saturated rings. The Kier molecular flexibility index (Phi) is 5.51. The van der Waals surface area contributed by atoms with E-state index in [4.69, 9.17) is 4.74 Å². The summed E-state index contributed by atoms with van der Waals surface area (Å²) in [6.07, 6.45) is 0.908.